The van der Waals surface area contributed by atoms with E-state index in [1.54, 1.807) is 16.1 Å². The standard InChI is InChI=1S/C19H21ClN2O2S2/c1-26(23,24)22-10-8-21(9-11-22)17-12-14-4-2-3-5-18(14)25-19-7-6-15(20)13-16(17)19/h2-7,13,17H,8-12H2,1H3. The van der Waals surface area contributed by atoms with E-state index in [4.69, 9.17) is 11.6 Å². The molecule has 0 saturated carbocycles. The summed E-state index contributed by atoms with van der Waals surface area (Å²) in [4.78, 5) is 4.92. The quantitative estimate of drug-likeness (QED) is 0.760. The molecule has 1 atom stereocenters. The van der Waals surface area contributed by atoms with Gasteiger partial charge in [-0.05, 0) is 41.8 Å². The fourth-order valence-corrected chi connectivity index (χ4v) is 5.88. The monoisotopic (exact) mass is 408 g/mol. The first-order valence-corrected chi connectivity index (χ1v) is 11.7. The van der Waals surface area contributed by atoms with Crippen molar-refractivity contribution < 1.29 is 8.42 Å². The summed E-state index contributed by atoms with van der Waals surface area (Å²) >= 11 is 8.11. The molecule has 138 valence electrons. The predicted octanol–water partition coefficient (Wildman–Crippen LogP) is 3.67. The molecular formula is C19H21ClN2O2S2. The summed E-state index contributed by atoms with van der Waals surface area (Å²) in [6.07, 6.45) is 2.20. The van der Waals surface area contributed by atoms with E-state index >= 15 is 0 Å². The number of halogens is 1. The largest absolute Gasteiger partial charge is 0.293 e. The first-order chi connectivity index (χ1) is 12.4. The summed E-state index contributed by atoms with van der Waals surface area (Å²) in [5.74, 6) is 0. The Kier molecular flexibility index (Phi) is 5.05. The molecule has 1 saturated heterocycles. The summed E-state index contributed by atoms with van der Waals surface area (Å²) in [5.41, 5.74) is 2.58. The van der Waals surface area contributed by atoms with Crippen LogP contribution in [0.1, 0.15) is 17.2 Å². The van der Waals surface area contributed by atoms with Crippen molar-refractivity contribution in [1.29, 1.82) is 0 Å². The molecule has 7 heteroatoms. The number of sulfonamides is 1. The Morgan fingerprint density at radius 1 is 1.04 bits per heavy atom. The maximum atomic E-state index is 11.8. The van der Waals surface area contributed by atoms with Gasteiger partial charge >= 0.3 is 0 Å². The smallest absolute Gasteiger partial charge is 0.211 e. The number of piperazine rings is 1. The van der Waals surface area contributed by atoms with E-state index < -0.39 is 10.0 Å². The third-order valence-electron chi connectivity index (χ3n) is 5.12. The van der Waals surface area contributed by atoms with Gasteiger partial charge in [0, 0.05) is 47.0 Å². The van der Waals surface area contributed by atoms with Gasteiger partial charge in [0.1, 0.15) is 0 Å². The third-order valence-corrected chi connectivity index (χ3v) is 7.87. The van der Waals surface area contributed by atoms with E-state index in [9.17, 15) is 8.42 Å². The molecule has 2 heterocycles. The Bertz CT molecular complexity index is 925. The molecule has 26 heavy (non-hydrogen) atoms. The Morgan fingerprint density at radius 3 is 2.50 bits per heavy atom. The molecule has 2 aromatic rings. The van der Waals surface area contributed by atoms with E-state index in [1.807, 2.05) is 6.07 Å². The highest BCUT2D eigenvalue weighted by Crippen LogP contribution is 2.43. The number of hydrogen-bond acceptors (Lipinski definition) is 4. The van der Waals surface area contributed by atoms with Crippen LogP contribution in [0.25, 0.3) is 0 Å². The molecule has 0 N–H and O–H groups in total. The van der Waals surface area contributed by atoms with Gasteiger partial charge in [0.2, 0.25) is 10.0 Å². The van der Waals surface area contributed by atoms with Crippen LogP contribution in [0.3, 0.4) is 0 Å². The molecule has 1 unspecified atom stereocenters. The Morgan fingerprint density at radius 2 is 1.77 bits per heavy atom. The van der Waals surface area contributed by atoms with Gasteiger partial charge in [0.05, 0.1) is 6.26 Å². The second-order valence-electron chi connectivity index (χ2n) is 6.81. The van der Waals surface area contributed by atoms with Crippen LogP contribution in [-0.4, -0.2) is 50.1 Å². The highest BCUT2D eigenvalue weighted by Gasteiger charge is 2.31. The van der Waals surface area contributed by atoms with E-state index in [1.165, 1.54) is 27.2 Å². The highest BCUT2D eigenvalue weighted by molar-refractivity contribution is 7.99. The van der Waals surface area contributed by atoms with Crippen LogP contribution in [0.15, 0.2) is 52.3 Å². The van der Waals surface area contributed by atoms with Crippen LogP contribution >= 0.6 is 23.4 Å². The molecule has 0 amide bonds. The molecule has 4 rings (SSSR count). The van der Waals surface area contributed by atoms with Crippen LogP contribution in [0.4, 0.5) is 0 Å². The Balaban J connectivity index is 1.68. The topological polar surface area (TPSA) is 40.6 Å². The van der Waals surface area contributed by atoms with E-state index in [0.29, 0.717) is 13.1 Å². The minimum absolute atomic E-state index is 0.210. The second kappa shape index (κ2) is 7.17. The third kappa shape index (κ3) is 3.66. The fraction of sp³-hybridized carbons (Fsp3) is 0.368. The molecule has 2 aromatic carbocycles. The van der Waals surface area contributed by atoms with Gasteiger partial charge in [-0.3, -0.25) is 4.90 Å². The molecule has 0 radical (unpaired) electrons. The van der Waals surface area contributed by atoms with Crippen molar-refractivity contribution in [3.05, 3.63) is 58.6 Å². The molecular weight excluding hydrogens is 388 g/mol. The van der Waals surface area contributed by atoms with Gasteiger partial charge in [-0.15, -0.1) is 0 Å². The average molecular weight is 409 g/mol. The number of hydrogen-bond donors (Lipinski definition) is 0. The summed E-state index contributed by atoms with van der Waals surface area (Å²) in [6.45, 7) is 2.55. The van der Waals surface area contributed by atoms with Gasteiger partial charge < -0.3 is 0 Å². The van der Waals surface area contributed by atoms with Crippen molar-refractivity contribution >= 4 is 33.4 Å². The van der Waals surface area contributed by atoms with Crippen molar-refractivity contribution in [3.63, 3.8) is 0 Å². The number of fused-ring (bicyclic) bond motifs is 2. The molecule has 0 aliphatic carbocycles. The number of rotatable bonds is 2. The molecule has 0 aromatic heterocycles. The lowest BCUT2D eigenvalue weighted by molar-refractivity contribution is 0.135. The lowest BCUT2D eigenvalue weighted by atomic mass is 9.97. The van der Waals surface area contributed by atoms with Crippen LogP contribution in [0, 0.1) is 0 Å². The summed E-state index contributed by atoms with van der Waals surface area (Å²) < 4.78 is 25.2. The normalized spacial score (nSPS) is 21.7. The van der Waals surface area contributed by atoms with Crippen LogP contribution in [0.5, 0.6) is 0 Å². The minimum Gasteiger partial charge on any atom is -0.293 e. The molecule has 4 nitrogen and oxygen atoms in total. The van der Waals surface area contributed by atoms with Crippen molar-refractivity contribution in [1.82, 2.24) is 9.21 Å². The van der Waals surface area contributed by atoms with Crippen molar-refractivity contribution in [2.75, 3.05) is 32.4 Å². The van der Waals surface area contributed by atoms with Gasteiger partial charge in [-0.25, -0.2) is 8.42 Å². The maximum absolute atomic E-state index is 11.8. The van der Waals surface area contributed by atoms with Crippen molar-refractivity contribution in [3.8, 4) is 0 Å². The van der Waals surface area contributed by atoms with Crippen molar-refractivity contribution in [2.24, 2.45) is 0 Å². The molecule has 0 bridgehead atoms. The molecule has 1 fully saturated rings. The average Bonchev–Trinajstić information content (AvgIpc) is 2.77. The SMILES string of the molecule is CS(=O)(=O)N1CCN(C2Cc3ccccc3Sc3ccc(Cl)cc32)CC1. The molecule has 2 aliphatic rings. The second-order valence-corrected chi connectivity index (χ2v) is 10.3. The zero-order valence-electron chi connectivity index (χ0n) is 14.6. The summed E-state index contributed by atoms with van der Waals surface area (Å²) in [5, 5.41) is 0.745. The Labute approximate surface area is 164 Å². The van der Waals surface area contributed by atoms with Gasteiger partial charge in [0.25, 0.3) is 0 Å². The van der Waals surface area contributed by atoms with E-state index in [-0.39, 0.29) is 6.04 Å². The van der Waals surface area contributed by atoms with Crippen LogP contribution in [-0.2, 0) is 16.4 Å². The van der Waals surface area contributed by atoms with Crippen LogP contribution in [0.2, 0.25) is 5.02 Å². The zero-order chi connectivity index (χ0) is 18.3. The summed E-state index contributed by atoms with van der Waals surface area (Å²) in [7, 11) is -3.12. The molecule has 0 spiro atoms. The number of benzene rings is 2. The van der Waals surface area contributed by atoms with Gasteiger partial charge in [-0.2, -0.15) is 4.31 Å². The molecule has 2 aliphatic heterocycles. The Hall–Kier alpha value is -1.05. The predicted molar refractivity (Wildman–Crippen MR) is 106 cm³/mol. The summed E-state index contributed by atoms with van der Waals surface area (Å²) in [6, 6.07) is 14.8. The van der Waals surface area contributed by atoms with E-state index in [0.717, 1.165) is 24.5 Å². The highest BCUT2D eigenvalue weighted by atomic mass is 35.5. The fourth-order valence-electron chi connectivity index (χ4n) is 3.75. The zero-order valence-corrected chi connectivity index (χ0v) is 16.9. The van der Waals surface area contributed by atoms with Gasteiger partial charge in [-0.1, -0.05) is 41.6 Å². The minimum atomic E-state index is -3.12. The van der Waals surface area contributed by atoms with E-state index in [2.05, 4.69) is 41.3 Å². The first kappa shape index (κ1) is 18.3. The lowest BCUT2D eigenvalue weighted by Gasteiger charge is -2.38. The maximum Gasteiger partial charge on any atom is 0.211 e. The lowest BCUT2D eigenvalue weighted by Crippen LogP contribution is -2.49. The van der Waals surface area contributed by atoms with Crippen molar-refractivity contribution in [2.45, 2.75) is 22.3 Å². The number of nitrogens with zero attached hydrogens (tertiary/aromatic N) is 2. The first-order valence-electron chi connectivity index (χ1n) is 8.66. The van der Waals surface area contributed by atoms with Crippen LogP contribution < -0.4 is 0 Å². The van der Waals surface area contributed by atoms with Gasteiger partial charge in [0.15, 0.2) is 0 Å².